The lowest BCUT2D eigenvalue weighted by Crippen LogP contribution is -2.33. The largest absolute Gasteiger partial charge is 0.444 e. The molecule has 0 saturated carbocycles. The zero-order valence-electron chi connectivity index (χ0n) is 13.7. The number of hydrogen-bond donors (Lipinski definition) is 1. The van der Waals surface area contributed by atoms with Gasteiger partial charge in [-0.3, -0.25) is 0 Å². The number of alkyl carbamates (subject to hydrolysis) is 1. The maximum Gasteiger partial charge on any atom is 0.407 e. The van der Waals surface area contributed by atoms with Crippen LogP contribution in [0.2, 0.25) is 5.15 Å². The summed E-state index contributed by atoms with van der Waals surface area (Å²) in [4.78, 5) is 23.8. The maximum atomic E-state index is 11.5. The molecule has 0 aromatic carbocycles. The Balaban J connectivity index is 1.68. The van der Waals surface area contributed by atoms with Gasteiger partial charge in [-0.2, -0.15) is 0 Å². The molecular formula is C15H22ClN5O2. The minimum Gasteiger partial charge on any atom is -0.444 e. The van der Waals surface area contributed by atoms with Crippen molar-refractivity contribution in [1.29, 1.82) is 0 Å². The summed E-state index contributed by atoms with van der Waals surface area (Å²) in [6, 6.07) is 0. The van der Waals surface area contributed by atoms with E-state index in [4.69, 9.17) is 16.3 Å². The summed E-state index contributed by atoms with van der Waals surface area (Å²) in [6.45, 7) is 6.94. The molecule has 0 fully saturated rings. The number of fused-ring (bicyclic) bond motifs is 1. The zero-order valence-corrected chi connectivity index (χ0v) is 14.4. The SMILES string of the molecule is CC(C)(C)OC(=O)NCCCCCn1cnc2c(Cl)ncnc21. The monoisotopic (exact) mass is 339 g/mol. The molecule has 2 rings (SSSR count). The van der Waals surface area contributed by atoms with Crippen molar-refractivity contribution < 1.29 is 9.53 Å². The molecule has 7 nitrogen and oxygen atoms in total. The minimum atomic E-state index is -0.463. The van der Waals surface area contributed by atoms with E-state index in [0.717, 1.165) is 31.5 Å². The van der Waals surface area contributed by atoms with E-state index in [1.165, 1.54) is 6.33 Å². The molecule has 0 bridgehead atoms. The zero-order chi connectivity index (χ0) is 16.9. The third-order valence-corrected chi connectivity index (χ3v) is 3.38. The number of amides is 1. The second kappa shape index (κ2) is 7.59. The van der Waals surface area contributed by atoms with Gasteiger partial charge in [-0.25, -0.2) is 19.7 Å². The van der Waals surface area contributed by atoms with E-state index in [2.05, 4.69) is 20.3 Å². The summed E-state index contributed by atoms with van der Waals surface area (Å²) in [6.07, 6.45) is 5.63. The first-order valence-electron chi connectivity index (χ1n) is 7.65. The fraction of sp³-hybridized carbons (Fsp3) is 0.600. The molecule has 1 amide bonds. The fourth-order valence-corrected chi connectivity index (χ4v) is 2.28. The smallest absolute Gasteiger partial charge is 0.407 e. The highest BCUT2D eigenvalue weighted by Crippen LogP contribution is 2.17. The predicted molar refractivity (Wildman–Crippen MR) is 88.4 cm³/mol. The molecule has 8 heteroatoms. The van der Waals surface area contributed by atoms with E-state index in [-0.39, 0.29) is 6.09 Å². The number of imidazole rings is 1. The summed E-state index contributed by atoms with van der Waals surface area (Å²) < 4.78 is 7.14. The van der Waals surface area contributed by atoms with Crippen LogP contribution in [0.1, 0.15) is 40.0 Å². The number of carbonyl (C=O) groups excluding carboxylic acids is 1. The lowest BCUT2D eigenvalue weighted by atomic mass is 10.2. The van der Waals surface area contributed by atoms with Crippen LogP contribution in [0, 0.1) is 0 Å². The Bertz CT molecular complexity index is 665. The molecule has 0 spiro atoms. The molecule has 2 aromatic rings. The van der Waals surface area contributed by atoms with Crippen molar-refractivity contribution in [2.45, 2.75) is 52.2 Å². The second-order valence-electron chi connectivity index (χ2n) is 6.26. The first-order chi connectivity index (χ1) is 10.9. The van der Waals surface area contributed by atoms with Gasteiger partial charge in [0.25, 0.3) is 0 Å². The van der Waals surface area contributed by atoms with Gasteiger partial charge in [-0.1, -0.05) is 11.6 Å². The van der Waals surface area contributed by atoms with E-state index in [1.54, 1.807) is 6.33 Å². The molecule has 1 N–H and O–H groups in total. The van der Waals surface area contributed by atoms with Crippen LogP contribution in [-0.2, 0) is 11.3 Å². The number of hydrogen-bond acceptors (Lipinski definition) is 5. The third-order valence-electron chi connectivity index (χ3n) is 3.10. The fourth-order valence-electron chi connectivity index (χ4n) is 2.10. The Kier molecular flexibility index (Phi) is 5.76. The molecule has 0 atom stereocenters. The number of halogens is 1. The van der Waals surface area contributed by atoms with Gasteiger partial charge in [0, 0.05) is 13.1 Å². The number of nitrogens with zero attached hydrogens (tertiary/aromatic N) is 4. The molecule has 126 valence electrons. The van der Waals surface area contributed by atoms with Crippen LogP contribution >= 0.6 is 11.6 Å². The standard InChI is InChI=1S/C15H22ClN5O2/c1-15(2,3)23-14(22)17-7-5-4-6-8-21-10-20-11-12(16)18-9-19-13(11)21/h9-10H,4-8H2,1-3H3,(H,17,22). The normalized spacial score (nSPS) is 11.7. The molecule has 2 aromatic heterocycles. The van der Waals surface area contributed by atoms with Crippen LogP contribution in [0.15, 0.2) is 12.7 Å². The molecule has 0 radical (unpaired) electrons. The highest BCUT2D eigenvalue weighted by Gasteiger charge is 2.15. The second-order valence-corrected chi connectivity index (χ2v) is 6.62. The van der Waals surface area contributed by atoms with Crippen molar-refractivity contribution >= 4 is 28.9 Å². The van der Waals surface area contributed by atoms with Crippen molar-refractivity contribution in [3.05, 3.63) is 17.8 Å². The molecular weight excluding hydrogens is 318 g/mol. The van der Waals surface area contributed by atoms with Gasteiger partial charge in [-0.05, 0) is 40.0 Å². The van der Waals surface area contributed by atoms with E-state index < -0.39 is 5.60 Å². The van der Waals surface area contributed by atoms with Gasteiger partial charge in [-0.15, -0.1) is 0 Å². The number of ether oxygens (including phenoxy) is 1. The van der Waals surface area contributed by atoms with Crippen molar-refractivity contribution in [1.82, 2.24) is 24.8 Å². The van der Waals surface area contributed by atoms with Gasteiger partial charge in [0.1, 0.15) is 17.4 Å². The van der Waals surface area contributed by atoms with Crippen molar-refractivity contribution in [2.75, 3.05) is 6.54 Å². The van der Waals surface area contributed by atoms with Crippen molar-refractivity contribution in [3.63, 3.8) is 0 Å². The highest BCUT2D eigenvalue weighted by molar-refractivity contribution is 6.33. The molecule has 23 heavy (non-hydrogen) atoms. The Morgan fingerprint density at radius 3 is 2.78 bits per heavy atom. The summed E-state index contributed by atoms with van der Waals surface area (Å²) >= 11 is 5.97. The molecule has 2 heterocycles. The van der Waals surface area contributed by atoms with Crippen LogP contribution in [0.25, 0.3) is 11.2 Å². The summed E-state index contributed by atoms with van der Waals surface area (Å²) in [7, 11) is 0. The first kappa shape index (κ1) is 17.5. The Labute approximate surface area is 140 Å². The van der Waals surface area contributed by atoms with E-state index in [9.17, 15) is 4.79 Å². The van der Waals surface area contributed by atoms with E-state index in [0.29, 0.717) is 17.2 Å². The Morgan fingerprint density at radius 2 is 2.04 bits per heavy atom. The van der Waals surface area contributed by atoms with Crippen LogP contribution in [-0.4, -0.2) is 37.8 Å². The lowest BCUT2D eigenvalue weighted by Gasteiger charge is -2.19. The minimum absolute atomic E-state index is 0.371. The topological polar surface area (TPSA) is 81.9 Å². The van der Waals surface area contributed by atoms with Gasteiger partial charge < -0.3 is 14.6 Å². The number of aryl methyl sites for hydroxylation is 1. The van der Waals surface area contributed by atoms with Crippen LogP contribution in [0.4, 0.5) is 4.79 Å². The van der Waals surface area contributed by atoms with E-state index in [1.807, 2.05) is 25.3 Å². The number of rotatable bonds is 6. The van der Waals surface area contributed by atoms with E-state index >= 15 is 0 Å². The van der Waals surface area contributed by atoms with Gasteiger partial charge in [0.15, 0.2) is 10.8 Å². The molecule has 0 aliphatic heterocycles. The molecule has 0 unspecified atom stereocenters. The van der Waals surface area contributed by atoms with Gasteiger partial charge >= 0.3 is 6.09 Å². The number of unbranched alkanes of at least 4 members (excludes halogenated alkanes) is 2. The summed E-state index contributed by atoms with van der Waals surface area (Å²) in [5.74, 6) is 0. The number of nitrogens with one attached hydrogen (secondary N) is 1. The Hall–Kier alpha value is -1.89. The first-order valence-corrected chi connectivity index (χ1v) is 8.03. The van der Waals surface area contributed by atoms with Crippen molar-refractivity contribution in [3.8, 4) is 0 Å². The van der Waals surface area contributed by atoms with Gasteiger partial charge in [0.2, 0.25) is 0 Å². The molecule has 0 aliphatic carbocycles. The highest BCUT2D eigenvalue weighted by atomic mass is 35.5. The lowest BCUT2D eigenvalue weighted by molar-refractivity contribution is 0.0527. The average Bonchev–Trinajstić information content (AvgIpc) is 2.85. The predicted octanol–water partition coefficient (Wildman–Crippen LogP) is 3.17. The van der Waals surface area contributed by atoms with Crippen molar-refractivity contribution in [2.24, 2.45) is 0 Å². The summed E-state index contributed by atoms with van der Waals surface area (Å²) in [5, 5.41) is 3.12. The van der Waals surface area contributed by atoms with Crippen LogP contribution in [0.3, 0.4) is 0 Å². The third kappa shape index (κ3) is 5.35. The molecule has 0 aliphatic rings. The number of aromatic nitrogens is 4. The van der Waals surface area contributed by atoms with Gasteiger partial charge in [0.05, 0.1) is 6.33 Å². The number of carbonyl (C=O) groups is 1. The van der Waals surface area contributed by atoms with Crippen LogP contribution < -0.4 is 5.32 Å². The summed E-state index contributed by atoms with van der Waals surface area (Å²) in [5.41, 5.74) is 0.910. The maximum absolute atomic E-state index is 11.5. The average molecular weight is 340 g/mol. The Morgan fingerprint density at radius 1 is 1.26 bits per heavy atom. The quantitative estimate of drug-likeness (QED) is 0.645. The van der Waals surface area contributed by atoms with Crippen LogP contribution in [0.5, 0.6) is 0 Å². The molecule has 0 saturated heterocycles.